The van der Waals surface area contributed by atoms with Gasteiger partial charge in [-0.05, 0) is 17.7 Å². The summed E-state index contributed by atoms with van der Waals surface area (Å²) in [6, 6.07) is 2.51. The number of barbiturate groups is 1. The number of nitro groups is 1. The minimum atomic E-state index is -0.906. The van der Waals surface area contributed by atoms with Crippen LogP contribution in [0.4, 0.5) is 10.5 Å². The first kappa shape index (κ1) is 15.9. The maximum atomic E-state index is 12.2. The lowest BCUT2D eigenvalue weighted by atomic mass is 10.1. The Labute approximate surface area is 129 Å². The molecule has 9 heteroatoms. The van der Waals surface area contributed by atoms with Gasteiger partial charge in [0.05, 0.1) is 4.92 Å². The standard InChI is InChI=1S/C14H11N3O6/c1-2-5-16-13(20)9(12(19)15-14(16)21)6-8-3-4-11(18)10(7-8)17(22)23/h2-4,6-7,18H,1,5H2,(H,15,19,21). The van der Waals surface area contributed by atoms with Crippen LogP contribution in [0.25, 0.3) is 6.08 Å². The van der Waals surface area contributed by atoms with Crippen molar-refractivity contribution in [3.05, 3.63) is 52.1 Å². The second kappa shape index (κ2) is 6.10. The molecule has 0 aromatic heterocycles. The van der Waals surface area contributed by atoms with Crippen LogP contribution in [0.1, 0.15) is 5.56 Å². The first-order chi connectivity index (χ1) is 10.8. The number of hydrogen-bond acceptors (Lipinski definition) is 6. The molecule has 0 radical (unpaired) electrons. The third kappa shape index (κ3) is 3.07. The summed E-state index contributed by atoms with van der Waals surface area (Å²) in [7, 11) is 0. The fourth-order valence-electron chi connectivity index (χ4n) is 1.93. The Balaban J connectivity index is 2.44. The topological polar surface area (TPSA) is 130 Å². The molecule has 1 fully saturated rings. The zero-order chi connectivity index (χ0) is 17.1. The van der Waals surface area contributed by atoms with Gasteiger partial charge in [0.2, 0.25) is 0 Å². The Bertz CT molecular complexity index is 768. The van der Waals surface area contributed by atoms with E-state index in [0.29, 0.717) is 0 Å². The first-order valence-electron chi connectivity index (χ1n) is 6.32. The molecule has 1 aliphatic rings. The van der Waals surface area contributed by atoms with E-state index < -0.39 is 34.2 Å². The van der Waals surface area contributed by atoms with E-state index in [9.17, 15) is 29.6 Å². The second-order valence-electron chi connectivity index (χ2n) is 4.53. The molecule has 0 bridgehead atoms. The molecule has 118 valence electrons. The summed E-state index contributed by atoms with van der Waals surface area (Å²) in [5.74, 6) is -2.29. The zero-order valence-electron chi connectivity index (χ0n) is 11.7. The first-order valence-corrected chi connectivity index (χ1v) is 6.32. The number of carbonyl (C=O) groups excluding carboxylic acids is 3. The average Bonchev–Trinajstić information content (AvgIpc) is 2.49. The van der Waals surface area contributed by atoms with E-state index in [4.69, 9.17) is 0 Å². The van der Waals surface area contributed by atoms with Crippen LogP contribution in [0.2, 0.25) is 0 Å². The predicted molar refractivity (Wildman–Crippen MR) is 78.2 cm³/mol. The van der Waals surface area contributed by atoms with Gasteiger partial charge in [-0.15, -0.1) is 6.58 Å². The number of hydrogen-bond donors (Lipinski definition) is 2. The van der Waals surface area contributed by atoms with Gasteiger partial charge >= 0.3 is 11.7 Å². The second-order valence-corrected chi connectivity index (χ2v) is 4.53. The molecule has 0 aliphatic carbocycles. The molecule has 9 nitrogen and oxygen atoms in total. The smallest absolute Gasteiger partial charge is 0.331 e. The predicted octanol–water partition coefficient (Wildman–Crippen LogP) is 0.948. The number of phenols is 1. The van der Waals surface area contributed by atoms with E-state index in [-0.39, 0.29) is 17.7 Å². The summed E-state index contributed by atoms with van der Waals surface area (Å²) in [5.41, 5.74) is -0.769. The van der Waals surface area contributed by atoms with Crippen molar-refractivity contribution in [1.29, 1.82) is 0 Å². The highest BCUT2D eigenvalue weighted by Crippen LogP contribution is 2.27. The van der Waals surface area contributed by atoms with Crippen molar-refractivity contribution in [3.8, 4) is 5.75 Å². The van der Waals surface area contributed by atoms with Gasteiger partial charge in [0.15, 0.2) is 5.75 Å². The summed E-state index contributed by atoms with van der Waals surface area (Å²) in [4.78, 5) is 46.3. The third-order valence-electron chi connectivity index (χ3n) is 3.00. The largest absolute Gasteiger partial charge is 0.502 e. The van der Waals surface area contributed by atoms with Crippen LogP contribution in [0.15, 0.2) is 36.4 Å². The Morgan fingerprint density at radius 1 is 1.35 bits per heavy atom. The minimum Gasteiger partial charge on any atom is -0.502 e. The van der Waals surface area contributed by atoms with E-state index in [2.05, 4.69) is 6.58 Å². The lowest BCUT2D eigenvalue weighted by Gasteiger charge is -2.25. The summed E-state index contributed by atoms with van der Waals surface area (Å²) < 4.78 is 0. The minimum absolute atomic E-state index is 0.0922. The van der Waals surface area contributed by atoms with Gasteiger partial charge in [-0.25, -0.2) is 4.79 Å². The van der Waals surface area contributed by atoms with Crippen LogP contribution < -0.4 is 5.32 Å². The van der Waals surface area contributed by atoms with Crippen LogP contribution in [0.3, 0.4) is 0 Å². The number of carbonyl (C=O) groups is 3. The highest BCUT2D eigenvalue weighted by Gasteiger charge is 2.35. The monoisotopic (exact) mass is 317 g/mol. The Morgan fingerprint density at radius 3 is 2.65 bits per heavy atom. The molecule has 1 aliphatic heterocycles. The normalized spacial score (nSPS) is 16.4. The SMILES string of the molecule is C=CCN1C(=O)NC(=O)C(=Cc2ccc(O)c([N+](=O)[O-])c2)C1=O. The van der Waals surface area contributed by atoms with Crippen LogP contribution >= 0.6 is 0 Å². The molecule has 0 spiro atoms. The van der Waals surface area contributed by atoms with Crippen LogP contribution in [-0.2, 0) is 9.59 Å². The third-order valence-corrected chi connectivity index (χ3v) is 3.00. The lowest BCUT2D eigenvalue weighted by Crippen LogP contribution is -2.54. The van der Waals surface area contributed by atoms with Crippen LogP contribution in [0, 0.1) is 10.1 Å². The van der Waals surface area contributed by atoms with Gasteiger partial charge in [-0.1, -0.05) is 12.1 Å². The molecular formula is C14H11N3O6. The van der Waals surface area contributed by atoms with Crippen LogP contribution in [-0.4, -0.2) is 39.3 Å². The number of phenolic OH excluding ortho intramolecular Hbond substituents is 1. The van der Waals surface area contributed by atoms with E-state index in [0.717, 1.165) is 23.1 Å². The van der Waals surface area contributed by atoms with E-state index in [1.165, 1.54) is 12.1 Å². The number of rotatable bonds is 4. The van der Waals surface area contributed by atoms with Gasteiger partial charge in [0, 0.05) is 12.6 Å². The maximum Gasteiger partial charge on any atom is 0.331 e. The van der Waals surface area contributed by atoms with Crippen molar-refractivity contribution in [2.45, 2.75) is 0 Å². The Morgan fingerprint density at radius 2 is 2.04 bits per heavy atom. The molecule has 1 saturated heterocycles. The number of benzene rings is 1. The molecule has 4 amide bonds. The van der Waals surface area contributed by atoms with Crippen molar-refractivity contribution in [3.63, 3.8) is 0 Å². The van der Waals surface area contributed by atoms with E-state index >= 15 is 0 Å². The highest BCUT2D eigenvalue weighted by atomic mass is 16.6. The summed E-state index contributed by atoms with van der Waals surface area (Å²) in [6.07, 6.45) is 2.42. The molecular weight excluding hydrogens is 306 g/mol. The number of nitro benzene ring substituents is 1. The molecule has 1 aromatic carbocycles. The number of aromatic hydroxyl groups is 1. The van der Waals surface area contributed by atoms with Crippen molar-refractivity contribution in [2.75, 3.05) is 6.54 Å². The van der Waals surface area contributed by atoms with Crippen molar-refractivity contribution >= 4 is 29.6 Å². The number of nitrogens with one attached hydrogen (secondary N) is 1. The van der Waals surface area contributed by atoms with Gasteiger partial charge in [0.1, 0.15) is 5.57 Å². The van der Waals surface area contributed by atoms with Crippen molar-refractivity contribution in [1.82, 2.24) is 10.2 Å². The fraction of sp³-hybridized carbons (Fsp3) is 0.0714. The molecule has 2 rings (SSSR count). The number of imide groups is 2. The maximum absolute atomic E-state index is 12.2. The Kier molecular flexibility index (Phi) is 4.21. The van der Waals surface area contributed by atoms with Crippen LogP contribution in [0.5, 0.6) is 5.75 Å². The number of amides is 4. The zero-order valence-corrected chi connectivity index (χ0v) is 11.7. The molecule has 1 heterocycles. The van der Waals surface area contributed by atoms with Gasteiger partial charge in [-0.2, -0.15) is 0 Å². The molecule has 0 atom stereocenters. The quantitative estimate of drug-likeness (QED) is 0.279. The number of nitrogens with zero attached hydrogens (tertiary/aromatic N) is 2. The number of urea groups is 1. The van der Waals surface area contributed by atoms with Crippen molar-refractivity contribution < 1.29 is 24.4 Å². The Hall–Kier alpha value is -3.49. The van der Waals surface area contributed by atoms with Gasteiger partial charge in [-0.3, -0.25) is 29.9 Å². The van der Waals surface area contributed by atoms with E-state index in [1.54, 1.807) is 0 Å². The molecule has 1 aromatic rings. The van der Waals surface area contributed by atoms with Gasteiger partial charge < -0.3 is 5.11 Å². The lowest BCUT2D eigenvalue weighted by molar-refractivity contribution is -0.385. The molecule has 0 unspecified atom stereocenters. The molecule has 23 heavy (non-hydrogen) atoms. The van der Waals surface area contributed by atoms with E-state index in [1.807, 2.05) is 5.32 Å². The molecule has 0 saturated carbocycles. The fourth-order valence-corrected chi connectivity index (χ4v) is 1.93. The van der Waals surface area contributed by atoms with Gasteiger partial charge in [0.25, 0.3) is 11.8 Å². The molecule has 2 N–H and O–H groups in total. The average molecular weight is 317 g/mol. The summed E-state index contributed by atoms with van der Waals surface area (Å²) in [5, 5.41) is 22.2. The highest BCUT2D eigenvalue weighted by molar-refractivity contribution is 6.31. The summed E-state index contributed by atoms with van der Waals surface area (Å²) >= 11 is 0. The summed E-state index contributed by atoms with van der Waals surface area (Å²) in [6.45, 7) is 3.32. The van der Waals surface area contributed by atoms with Crippen molar-refractivity contribution in [2.24, 2.45) is 0 Å².